The van der Waals surface area contributed by atoms with Gasteiger partial charge in [-0.3, -0.25) is 0 Å². The molecule has 1 saturated heterocycles. The number of aliphatic hydroxyl groups is 1. The summed E-state index contributed by atoms with van der Waals surface area (Å²) in [4.78, 5) is 39.6. The second-order valence-electron chi connectivity index (χ2n) is 10.4. The number of carboxylic acids is 4. The van der Waals surface area contributed by atoms with Crippen molar-refractivity contribution in [3.05, 3.63) is 60.2 Å². The van der Waals surface area contributed by atoms with Crippen LogP contribution in [-0.2, 0) is 30.5 Å². The van der Waals surface area contributed by atoms with Crippen LogP contribution in [0.4, 0.5) is 0 Å². The fourth-order valence-corrected chi connectivity index (χ4v) is 4.77. The molecule has 1 aromatic carbocycles. The fraction of sp³-hybridized carbons (Fsp3) is 0.533. The van der Waals surface area contributed by atoms with E-state index in [1.165, 1.54) is 63.6 Å². The number of carbonyl (C=O) groups is 4. The van der Waals surface area contributed by atoms with Gasteiger partial charge in [0, 0.05) is 37.2 Å². The van der Waals surface area contributed by atoms with E-state index in [0.717, 1.165) is 25.6 Å². The Balaban J connectivity index is 0.000000454. The predicted octanol–water partition coefficient (Wildman–Crippen LogP) is -2.49. The lowest BCUT2D eigenvalue weighted by molar-refractivity contribution is -0.926. The lowest BCUT2D eigenvalue weighted by Crippen LogP contribution is -3.13. The Morgan fingerprint density at radius 2 is 1.43 bits per heavy atom. The van der Waals surface area contributed by atoms with Gasteiger partial charge in [-0.2, -0.15) is 0 Å². The summed E-state index contributed by atoms with van der Waals surface area (Å²) in [5, 5.41) is 47.0. The Hall–Kier alpha value is -3.58. The molecule has 234 valence electrons. The highest BCUT2D eigenvalue weighted by atomic mass is 16.5. The van der Waals surface area contributed by atoms with Crippen molar-refractivity contribution in [2.45, 2.75) is 63.6 Å². The number of likely N-dealkylation sites (tertiary alicyclic amines) is 1. The van der Waals surface area contributed by atoms with Crippen molar-refractivity contribution in [2.24, 2.45) is 5.92 Å². The van der Waals surface area contributed by atoms with Gasteiger partial charge < -0.3 is 50.1 Å². The number of benzene rings is 1. The number of quaternary nitrogens is 2. The average molecular weight is 593 g/mol. The fourth-order valence-electron chi connectivity index (χ4n) is 4.77. The first-order valence-corrected chi connectivity index (χ1v) is 14.3. The third-order valence-corrected chi connectivity index (χ3v) is 6.89. The minimum absolute atomic E-state index is 0.326. The number of ether oxygens (including phenoxy) is 1. The molecule has 2 aliphatic rings. The molecular formula is C30H44N2O10. The summed E-state index contributed by atoms with van der Waals surface area (Å²) in [6.07, 6.45) is 10.8. The standard InChI is InChI=1S/C22H36N2O2.2C4H4O4/c25-22(18-26-17-20-9-5-2-6-10-20)15-23-21-11-13-24(14-12-21)16-19-7-3-1-4-8-19;2*5-3(6)1-2-4(7)8/h1,3-4,7-8,20-23,25H,2,5-6,9-18H2;2*1-2H,(H,5,6)(H,7,8)/b;2*2-1+. The van der Waals surface area contributed by atoms with Crippen molar-refractivity contribution in [1.29, 1.82) is 0 Å². The molecule has 6 N–H and O–H groups in total. The Labute approximate surface area is 246 Å². The van der Waals surface area contributed by atoms with Crippen LogP contribution < -0.4 is 20.4 Å². The predicted molar refractivity (Wildman–Crippen MR) is 148 cm³/mol. The summed E-state index contributed by atoms with van der Waals surface area (Å²) >= 11 is 0. The van der Waals surface area contributed by atoms with Crippen LogP contribution in [0.15, 0.2) is 54.6 Å². The molecule has 1 aliphatic heterocycles. The SMILES string of the molecule is O=C([O-])/C=C/C(=O)O.O=C([O-])/C=C/C(=O)O.OC(C[NH2+]C1CC[NH+](Cc2ccccc2)CC1)COCC1CCCCC1. The Morgan fingerprint density at radius 1 is 0.881 bits per heavy atom. The zero-order valence-corrected chi connectivity index (χ0v) is 23.9. The molecule has 2 fully saturated rings. The molecule has 1 aliphatic carbocycles. The van der Waals surface area contributed by atoms with Crippen LogP contribution in [0.2, 0.25) is 0 Å². The van der Waals surface area contributed by atoms with Crippen LogP contribution in [-0.4, -0.2) is 84.2 Å². The average Bonchev–Trinajstić information content (AvgIpc) is 2.96. The van der Waals surface area contributed by atoms with Gasteiger partial charge in [-0.25, -0.2) is 9.59 Å². The molecule has 0 amide bonds. The first kappa shape index (κ1) is 36.4. The molecule has 1 heterocycles. The maximum Gasteiger partial charge on any atom is 0.328 e. The van der Waals surface area contributed by atoms with Gasteiger partial charge in [-0.1, -0.05) is 49.6 Å². The second kappa shape index (κ2) is 22.1. The van der Waals surface area contributed by atoms with E-state index in [4.69, 9.17) is 14.9 Å². The first-order valence-electron chi connectivity index (χ1n) is 14.3. The van der Waals surface area contributed by atoms with Gasteiger partial charge in [-0.05, 0) is 30.9 Å². The van der Waals surface area contributed by atoms with Crippen LogP contribution in [0, 0.1) is 5.92 Å². The maximum absolute atomic E-state index is 10.2. The molecule has 1 saturated carbocycles. The number of hydrogen-bond acceptors (Lipinski definition) is 8. The second-order valence-corrected chi connectivity index (χ2v) is 10.4. The highest BCUT2D eigenvalue weighted by Gasteiger charge is 2.25. The Morgan fingerprint density at radius 3 is 1.90 bits per heavy atom. The largest absolute Gasteiger partial charge is 0.545 e. The van der Waals surface area contributed by atoms with E-state index in [1.54, 1.807) is 4.90 Å². The Kier molecular flexibility index (Phi) is 19.2. The van der Waals surface area contributed by atoms with Crippen molar-refractivity contribution >= 4 is 23.9 Å². The normalized spacial score (nSPS) is 19.6. The van der Waals surface area contributed by atoms with Crippen LogP contribution in [0.3, 0.4) is 0 Å². The minimum atomic E-state index is -1.51. The Bertz CT molecular complexity index is 919. The number of rotatable bonds is 13. The van der Waals surface area contributed by atoms with Gasteiger partial charge in [0.05, 0.1) is 37.7 Å². The third kappa shape index (κ3) is 20.3. The number of nitrogens with two attached hydrogens (primary N) is 1. The van der Waals surface area contributed by atoms with Crippen LogP contribution in [0.5, 0.6) is 0 Å². The molecule has 1 atom stereocenters. The summed E-state index contributed by atoms with van der Waals surface area (Å²) < 4.78 is 5.78. The zero-order valence-electron chi connectivity index (χ0n) is 23.9. The van der Waals surface area contributed by atoms with Gasteiger partial charge in [0.25, 0.3) is 0 Å². The summed E-state index contributed by atoms with van der Waals surface area (Å²) in [6, 6.07) is 11.5. The smallest absolute Gasteiger partial charge is 0.328 e. The van der Waals surface area contributed by atoms with Gasteiger partial charge >= 0.3 is 11.9 Å². The molecule has 0 aromatic heterocycles. The van der Waals surface area contributed by atoms with E-state index >= 15 is 0 Å². The topological polar surface area (TPSA) is 205 Å². The van der Waals surface area contributed by atoms with Crippen LogP contribution in [0.1, 0.15) is 50.5 Å². The number of piperidine rings is 1. The minimum Gasteiger partial charge on any atom is -0.545 e. The van der Waals surface area contributed by atoms with E-state index in [0.29, 0.717) is 37.0 Å². The number of carbonyl (C=O) groups excluding carboxylic acids is 2. The molecular weight excluding hydrogens is 548 g/mol. The van der Waals surface area contributed by atoms with Gasteiger partial charge in [0.2, 0.25) is 0 Å². The highest BCUT2D eigenvalue weighted by molar-refractivity contribution is 5.89. The number of carboxylic acid groups (broad SMARTS) is 4. The molecule has 12 heteroatoms. The lowest BCUT2D eigenvalue weighted by Gasteiger charge is -2.28. The monoisotopic (exact) mass is 592 g/mol. The van der Waals surface area contributed by atoms with Crippen LogP contribution >= 0.6 is 0 Å². The van der Waals surface area contributed by atoms with E-state index in [2.05, 4.69) is 35.6 Å². The molecule has 0 bridgehead atoms. The third-order valence-electron chi connectivity index (χ3n) is 6.89. The summed E-state index contributed by atoms with van der Waals surface area (Å²) in [5.41, 5.74) is 1.44. The molecule has 12 nitrogen and oxygen atoms in total. The molecule has 1 aromatic rings. The lowest BCUT2D eigenvalue weighted by atomic mass is 9.90. The number of nitrogens with one attached hydrogen (secondary N) is 1. The number of hydrogen-bond donors (Lipinski definition) is 5. The van der Waals surface area contributed by atoms with Crippen molar-refractivity contribution in [3.8, 4) is 0 Å². The van der Waals surface area contributed by atoms with Gasteiger partial charge in [0.15, 0.2) is 0 Å². The first-order chi connectivity index (χ1) is 20.0. The molecule has 0 spiro atoms. The number of aliphatic carboxylic acids is 4. The van der Waals surface area contributed by atoms with E-state index in [1.807, 2.05) is 0 Å². The van der Waals surface area contributed by atoms with Gasteiger partial charge in [-0.15, -0.1) is 0 Å². The van der Waals surface area contributed by atoms with Crippen molar-refractivity contribution in [1.82, 2.24) is 0 Å². The van der Waals surface area contributed by atoms with Crippen molar-refractivity contribution in [3.63, 3.8) is 0 Å². The summed E-state index contributed by atoms with van der Waals surface area (Å²) in [5.74, 6) is -4.87. The summed E-state index contributed by atoms with van der Waals surface area (Å²) in [7, 11) is 0. The van der Waals surface area contributed by atoms with E-state index < -0.39 is 23.9 Å². The highest BCUT2D eigenvalue weighted by Crippen LogP contribution is 2.23. The van der Waals surface area contributed by atoms with Crippen molar-refractivity contribution in [2.75, 3.05) is 32.8 Å². The molecule has 42 heavy (non-hydrogen) atoms. The quantitative estimate of drug-likeness (QED) is 0.152. The maximum atomic E-state index is 10.2. The molecule has 3 rings (SSSR count). The van der Waals surface area contributed by atoms with Gasteiger partial charge in [0.1, 0.15) is 19.2 Å². The van der Waals surface area contributed by atoms with Crippen molar-refractivity contribution < 1.29 is 59.7 Å². The summed E-state index contributed by atoms with van der Waals surface area (Å²) in [6.45, 7) is 5.76. The zero-order chi connectivity index (χ0) is 31.2. The van der Waals surface area contributed by atoms with Crippen LogP contribution in [0.25, 0.3) is 0 Å². The number of aliphatic hydroxyl groups excluding tert-OH is 1. The molecule has 1 unspecified atom stereocenters. The van der Waals surface area contributed by atoms with E-state index in [-0.39, 0.29) is 6.10 Å². The molecule has 0 radical (unpaired) electrons. The van der Waals surface area contributed by atoms with E-state index in [9.17, 15) is 34.5 Å².